The third kappa shape index (κ3) is 3.22. The van der Waals surface area contributed by atoms with Gasteiger partial charge >= 0.3 is 17.9 Å². The van der Waals surface area contributed by atoms with Crippen LogP contribution >= 0.6 is 0 Å². The predicted octanol–water partition coefficient (Wildman–Crippen LogP) is 0.386. The first-order valence-electron chi connectivity index (χ1n) is 5.68. The Morgan fingerprint density at radius 3 is 1.67 bits per heavy atom. The van der Waals surface area contributed by atoms with Crippen LogP contribution in [0.15, 0.2) is 6.07 Å². The highest BCUT2D eigenvalue weighted by Crippen LogP contribution is 2.34. The molecule has 0 heterocycles. The maximum Gasteiger partial charge on any atom is 0.341 e. The van der Waals surface area contributed by atoms with Crippen molar-refractivity contribution in [2.45, 2.75) is 6.42 Å². The highest BCUT2D eigenvalue weighted by atomic mass is 16.5. The third-order valence-electron chi connectivity index (χ3n) is 2.72. The van der Waals surface area contributed by atoms with E-state index in [4.69, 9.17) is 0 Å². The van der Waals surface area contributed by atoms with E-state index < -0.39 is 47.0 Å². The first kappa shape index (κ1) is 16.3. The number of phenols is 2. The van der Waals surface area contributed by atoms with Crippen LogP contribution in [0, 0.1) is 0 Å². The van der Waals surface area contributed by atoms with Gasteiger partial charge < -0.3 is 24.4 Å². The van der Waals surface area contributed by atoms with Gasteiger partial charge in [-0.3, -0.25) is 4.79 Å². The Hall–Kier alpha value is -2.77. The summed E-state index contributed by atoms with van der Waals surface area (Å²) < 4.78 is 13.5. The van der Waals surface area contributed by atoms with E-state index in [1.54, 1.807) is 0 Å². The molecule has 0 bridgehead atoms. The number of carbonyl (C=O) groups is 3. The van der Waals surface area contributed by atoms with Gasteiger partial charge in [0.15, 0.2) is 0 Å². The van der Waals surface area contributed by atoms with Crippen molar-refractivity contribution in [2.75, 3.05) is 21.3 Å². The van der Waals surface area contributed by atoms with Crippen molar-refractivity contribution < 1.29 is 38.8 Å². The molecule has 0 fully saturated rings. The molecule has 8 heteroatoms. The summed E-state index contributed by atoms with van der Waals surface area (Å²) in [5.74, 6) is -4.00. The average Bonchev–Trinajstić information content (AvgIpc) is 2.45. The Kier molecular flexibility index (Phi) is 5.12. The maximum atomic E-state index is 11.7. The Morgan fingerprint density at radius 2 is 1.33 bits per heavy atom. The number of methoxy groups -OCH3 is 3. The summed E-state index contributed by atoms with van der Waals surface area (Å²) in [7, 11) is 3.24. The number of hydrogen-bond acceptors (Lipinski definition) is 8. The van der Waals surface area contributed by atoms with Crippen molar-refractivity contribution in [3.63, 3.8) is 0 Å². The summed E-state index contributed by atoms with van der Waals surface area (Å²) in [6.45, 7) is 0. The lowest BCUT2D eigenvalue weighted by Gasteiger charge is -2.14. The number of aromatic hydroxyl groups is 2. The van der Waals surface area contributed by atoms with Gasteiger partial charge in [0.1, 0.15) is 22.6 Å². The number of esters is 3. The Bertz CT molecular complexity index is 550. The largest absolute Gasteiger partial charge is 0.507 e. The highest BCUT2D eigenvalue weighted by molar-refractivity contribution is 6.03. The van der Waals surface area contributed by atoms with Crippen LogP contribution in [-0.2, 0) is 25.4 Å². The van der Waals surface area contributed by atoms with Crippen molar-refractivity contribution in [1.29, 1.82) is 0 Å². The molecular weight excluding hydrogens is 284 g/mol. The van der Waals surface area contributed by atoms with Gasteiger partial charge in [-0.25, -0.2) is 9.59 Å². The first-order chi connectivity index (χ1) is 9.87. The molecule has 0 atom stereocenters. The molecule has 1 aromatic carbocycles. The minimum atomic E-state index is -0.975. The van der Waals surface area contributed by atoms with E-state index in [0.717, 1.165) is 27.4 Å². The van der Waals surface area contributed by atoms with E-state index >= 15 is 0 Å². The average molecular weight is 298 g/mol. The fraction of sp³-hybridized carbons (Fsp3) is 0.308. The molecule has 114 valence electrons. The zero-order chi connectivity index (χ0) is 16.2. The van der Waals surface area contributed by atoms with E-state index in [1.165, 1.54) is 0 Å². The van der Waals surface area contributed by atoms with Gasteiger partial charge in [-0.05, 0) is 5.56 Å². The summed E-state index contributed by atoms with van der Waals surface area (Å²) in [6, 6.07) is 0.791. The van der Waals surface area contributed by atoms with Crippen LogP contribution in [0.25, 0.3) is 0 Å². The Balaban J connectivity index is 3.65. The predicted molar refractivity (Wildman–Crippen MR) is 68.2 cm³/mol. The van der Waals surface area contributed by atoms with Crippen molar-refractivity contribution in [2.24, 2.45) is 0 Å². The van der Waals surface area contributed by atoms with Gasteiger partial charge in [0.25, 0.3) is 0 Å². The fourth-order valence-electron chi connectivity index (χ4n) is 1.76. The summed E-state index contributed by atoms with van der Waals surface area (Å²) in [5, 5.41) is 19.5. The minimum absolute atomic E-state index is 0.238. The van der Waals surface area contributed by atoms with Gasteiger partial charge in [-0.15, -0.1) is 0 Å². The van der Waals surface area contributed by atoms with E-state index in [-0.39, 0.29) is 5.56 Å². The monoisotopic (exact) mass is 298 g/mol. The minimum Gasteiger partial charge on any atom is -0.507 e. The van der Waals surface area contributed by atoms with Gasteiger partial charge in [0.05, 0.1) is 27.8 Å². The summed E-state index contributed by atoms with van der Waals surface area (Å²) in [4.78, 5) is 34.9. The molecule has 0 amide bonds. The van der Waals surface area contributed by atoms with Crippen molar-refractivity contribution in [3.8, 4) is 11.5 Å². The molecular formula is C13H14O8. The van der Waals surface area contributed by atoms with Crippen molar-refractivity contribution in [3.05, 3.63) is 22.8 Å². The number of ether oxygens (including phenoxy) is 3. The third-order valence-corrected chi connectivity index (χ3v) is 2.72. The maximum absolute atomic E-state index is 11.7. The summed E-state index contributed by atoms with van der Waals surface area (Å²) >= 11 is 0. The zero-order valence-corrected chi connectivity index (χ0v) is 11.6. The molecule has 0 radical (unpaired) electrons. The molecule has 8 nitrogen and oxygen atoms in total. The van der Waals surface area contributed by atoms with Crippen LogP contribution in [-0.4, -0.2) is 49.5 Å². The topological polar surface area (TPSA) is 119 Å². The standard InChI is InChI=1S/C13H14O8/c1-19-9(16)4-6-10(12(17)20-2)7(14)5-8(15)11(6)13(18)21-3/h5,14-15H,4H2,1-3H3. The SMILES string of the molecule is COC(=O)Cc1c(C(=O)OC)c(O)cc(O)c1C(=O)OC. The molecule has 0 saturated heterocycles. The van der Waals surface area contributed by atoms with Crippen LogP contribution in [0.1, 0.15) is 26.3 Å². The van der Waals surface area contributed by atoms with E-state index in [1.807, 2.05) is 0 Å². The lowest BCUT2D eigenvalue weighted by Crippen LogP contribution is -2.17. The molecule has 0 aliphatic carbocycles. The van der Waals surface area contributed by atoms with Crippen molar-refractivity contribution >= 4 is 17.9 Å². The number of phenolic OH excluding ortho intramolecular Hbond substituents is 2. The number of hydrogen-bond donors (Lipinski definition) is 2. The van der Waals surface area contributed by atoms with Gasteiger partial charge in [0.2, 0.25) is 0 Å². The van der Waals surface area contributed by atoms with E-state index in [0.29, 0.717) is 0 Å². The molecule has 0 aromatic heterocycles. The molecule has 1 aromatic rings. The first-order valence-corrected chi connectivity index (χ1v) is 5.68. The Morgan fingerprint density at radius 1 is 0.905 bits per heavy atom. The smallest absolute Gasteiger partial charge is 0.341 e. The van der Waals surface area contributed by atoms with Crippen LogP contribution in [0.2, 0.25) is 0 Å². The zero-order valence-electron chi connectivity index (χ0n) is 11.6. The van der Waals surface area contributed by atoms with Crippen LogP contribution in [0.4, 0.5) is 0 Å². The lowest BCUT2D eigenvalue weighted by molar-refractivity contribution is -0.139. The summed E-state index contributed by atoms with van der Waals surface area (Å²) in [6.07, 6.45) is -0.534. The normalized spacial score (nSPS) is 9.86. The van der Waals surface area contributed by atoms with Crippen molar-refractivity contribution in [1.82, 2.24) is 0 Å². The van der Waals surface area contributed by atoms with Gasteiger partial charge in [-0.2, -0.15) is 0 Å². The molecule has 0 saturated carbocycles. The van der Waals surface area contributed by atoms with Crippen LogP contribution in [0.5, 0.6) is 11.5 Å². The molecule has 2 N–H and O–H groups in total. The second-order valence-corrected chi connectivity index (χ2v) is 3.88. The highest BCUT2D eigenvalue weighted by Gasteiger charge is 2.29. The molecule has 0 unspecified atom stereocenters. The number of benzene rings is 1. The summed E-state index contributed by atoms with van der Waals surface area (Å²) in [5.41, 5.74) is -1.07. The van der Waals surface area contributed by atoms with E-state index in [2.05, 4.69) is 14.2 Å². The van der Waals surface area contributed by atoms with Crippen LogP contribution < -0.4 is 0 Å². The van der Waals surface area contributed by atoms with E-state index in [9.17, 15) is 24.6 Å². The quantitative estimate of drug-likeness (QED) is 0.605. The van der Waals surface area contributed by atoms with Crippen LogP contribution in [0.3, 0.4) is 0 Å². The number of carbonyl (C=O) groups excluding carboxylic acids is 3. The fourth-order valence-corrected chi connectivity index (χ4v) is 1.76. The van der Waals surface area contributed by atoms with Gasteiger partial charge in [0, 0.05) is 6.07 Å². The Labute approximate surface area is 119 Å². The molecule has 1 rings (SSSR count). The molecule has 0 aliphatic rings. The second-order valence-electron chi connectivity index (χ2n) is 3.88. The second kappa shape index (κ2) is 6.60. The molecule has 0 aliphatic heterocycles. The molecule has 21 heavy (non-hydrogen) atoms. The molecule has 0 spiro atoms. The lowest BCUT2D eigenvalue weighted by atomic mass is 9.96. The number of rotatable bonds is 4. The van der Waals surface area contributed by atoms with Gasteiger partial charge in [-0.1, -0.05) is 0 Å².